The van der Waals surface area contributed by atoms with Gasteiger partial charge in [-0.05, 0) is 54.4 Å². The highest BCUT2D eigenvalue weighted by atomic mass is 35.5. The predicted molar refractivity (Wildman–Crippen MR) is 141 cm³/mol. The minimum Gasteiger partial charge on any atom is -0.497 e. The first-order chi connectivity index (χ1) is 17.7. The van der Waals surface area contributed by atoms with Crippen molar-refractivity contribution in [2.45, 2.75) is 19.9 Å². The molecule has 0 aliphatic rings. The van der Waals surface area contributed by atoms with Gasteiger partial charge >= 0.3 is 0 Å². The van der Waals surface area contributed by atoms with Crippen molar-refractivity contribution >= 4 is 40.9 Å². The highest BCUT2D eigenvalue weighted by molar-refractivity contribution is 6.33. The molecule has 0 saturated carbocycles. The number of anilines is 1. The van der Waals surface area contributed by atoms with Gasteiger partial charge in [0.2, 0.25) is 0 Å². The minimum atomic E-state index is -0.982. The molecule has 0 aliphatic heterocycles. The van der Waals surface area contributed by atoms with Crippen molar-refractivity contribution < 1.29 is 23.9 Å². The number of rotatable bonds is 8. The van der Waals surface area contributed by atoms with Crippen LogP contribution in [0.1, 0.15) is 44.9 Å². The Hall–Kier alpha value is -4.37. The normalized spacial score (nSPS) is 11.3. The summed E-state index contributed by atoms with van der Waals surface area (Å²) in [6, 6.07) is 18.4. The lowest BCUT2D eigenvalue weighted by atomic mass is 10.0. The largest absolute Gasteiger partial charge is 0.497 e. The van der Waals surface area contributed by atoms with Crippen LogP contribution in [0.15, 0.2) is 72.8 Å². The number of halogens is 1. The summed E-state index contributed by atoms with van der Waals surface area (Å²) in [7, 11) is 1.53. The summed E-state index contributed by atoms with van der Waals surface area (Å²) in [6.45, 7) is 3.50. The van der Waals surface area contributed by atoms with E-state index in [4.69, 9.17) is 16.3 Å². The van der Waals surface area contributed by atoms with Gasteiger partial charge in [-0.15, -0.1) is 0 Å². The molecule has 4 amide bonds. The van der Waals surface area contributed by atoms with E-state index in [1.54, 1.807) is 74.5 Å². The first-order valence-electron chi connectivity index (χ1n) is 11.4. The SMILES string of the molecule is COc1ccc(C(=O)Nc2ccccc2C(=O)N[C@H](C(=O)NNC(=O)c2ccccc2Cl)C(C)C)cc1. The smallest absolute Gasteiger partial charge is 0.271 e. The monoisotopic (exact) mass is 522 g/mol. The third-order valence-corrected chi connectivity index (χ3v) is 5.76. The zero-order valence-corrected chi connectivity index (χ0v) is 21.3. The molecule has 37 heavy (non-hydrogen) atoms. The van der Waals surface area contributed by atoms with Crippen molar-refractivity contribution in [1.82, 2.24) is 16.2 Å². The molecule has 3 aromatic rings. The Morgan fingerprint density at radius 1 is 0.757 bits per heavy atom. The van der Waals surface area contributed by atoms with Crippen LogP contribution < -0.4 is 26.2 Å². The second-order valence-corrected chi connectivity index (χ2v) is 8.75. The van der Waals surface area contributed by atoms with Crippen molar-refractivity contribution in [3.8, 4) is 5.75 Å². The van der Waals surface area contributed by atoms with Gasteiger partial charge in [0.15, 0.2) is 0 Å². The predicted octanol–water partition coefficient (Wildman–Crippen LogP) is 3.82. The number of amides is 4. The van der Waals surface area contributed by atoms with Crippen LogP contribution in [0.5, 0.6) is 5.75 Å². The van der Waals surface area contributed by atoms with E-state index in [0.717, 1.165) is 0 Å². The van der Waals surface area contributed by atoms with Gasteiger partial charge in [0.1, 0.15) is 11.8 Å². The third kappa shape index (κ3) is 7.08. The molecule has 0 fully saturated rings. The molecular formula is C27H27ClN4O5. The van der Waals surface area contributed by atoms with Crippen LogP contribution in [0, 0.1) is 5.92 Å². The average Bonchev–Trinajstić information content (AvgIpc) is 2.90. The maximum Gasteiger partial charge on any atom is 0.271 e. The summed E-state index contributed by atoms with van der Waals surface area (Å²) >= 11 is 6.02. The van der Waals surface area contributed by atoms with E-state index in [2.05, 4.69) is 21.5 Å². The lowest BCUT2D eigenvalue weighted by molar-refractivity contribution is -0.124. The van der Waals surface area contributed by atoms with Crippen molar-refractivity contribution in [2.24, 2.45) is 5.92 Å². The summed E-state index contributed by atoms with van der Waals surface area (Å²) in [5.74, 6) is -1.91. The van der Waals surface area contributed by atoms with Gasteiger partial charge in [-0.3, -0.25) is 30.0 Å². The van der Waals surface area contributed by atoms with E-state index >= 15 is 0 Å². The number of hydrazine groups is 1. The first-order valence-corrected chi connectivity index (χ1v) is 11.8. The molecule has 3 rings (SSSR count). The van der Waals surface area contributed by atoms with Crippen molar-refractivity contribution in [2.75, 3.05) is 12.4 Å². The molecule has 0 aliphatic carbocycles. The van der Waals surface area contributed by atoms with Crippen molar-refractivity contribution in [1.29, 1.82) is 0 Å². The van der Waals surface area contributed by atoms with Crippen LogP contribution in [-0.2, 0) is 4.79 Å². The van der Waals surface area contributed by atoms with Gasteiger partial charge in [0.25, 0.3) is 23.6 Å². The van der Waals surface area contributed by atoms with Crippen LogP contribution in [0.25, 0.3) is 0 Å². The van der Waals surface area contributed by atoms with E-state index in [0.29, 0.717) is 11.3 Å². The van der Waals surface area contributed by atoms with Gasteiger partial charge in [0.05, 0.1) is 28.9 Å². The number of para-hydroxylation sites is 1. The van der Waals surface area contributed by atoms with E-state index in [1.807, 2.05) is 0 Å². The van der Waals surface area contributed by atoms with Crippen molar-refractivity contribution in [3.05, 3.63) is 94.5 Å². The number of benzene rings is 3. The summed E-state index contributed by atoms with van der Waals surface area (Å²) < 4.78 is 5.11. The summed E-state index contributed by atoms with van der Waals surface area (Å²) in [5.41, 5.74) is 5.66. The maximum absolute atomic E-state index is 13.1. The van der Waals surface area contributed by atoms with Crippen molar-refractivity contribution in [3.63, 3.8) is 0 Å². The number of carbonyl (C=O) groups is 4. The summed E-state index contributed by atoms with van der Waals surface area (Å²) in [5, 5.41) is 5.64. The Morgan fingerprint density at radius 2 is 1.38 bits per heavy atom. The molecule has 0 bridgehead atoms. The van der Waals surface area contributed by atoms with Crippen LogP contribution in [0.3, 0.4) is 0 Å². The molecule has 4 N–H and O–H groups in total. The molecule has 0 radical (unpaired) electrons. The summed E-state index contributed by atoms with van der Waals surface area (Å²) in [4.78, 5) is 51.0. The minimum absolute atomic E-state index is 0.169. The van der Waals surface area contributed by atoms with Crippen LogP contribution in [0.4, 0.5) is 5.69 Å². The molecule has 0 unspecified atom stereocenters. The van der Waals surface area contributed by atoms with Crippen LogP contribution in [0.2, 0.25) is 5.02 Å². The molecule has 0 heterocycles. The molecule has 10 heteroatoms. The topological polar surface area (TPSA) is 126 Å². The fraction of sp³-hybridized carbons (Fsp3) is 0.185. The Kier molecular flexibility index (Phi) is 9.23. The Morgan fingerprint density at radius 3 is 2.00 bits per heavy atom. The second-order valence-electron chi connectivity index (χ2n) is 8.35. The lowest BCUT2D eigenvalue weighted by Crippen LogP contribution is -2.54. The highest BCUT2D eigenvalue weighted by Crippen LogP contribution is 2.19. The zero-order valence-electron chi connectivity index (χ0n) is 20.5. The first kappa shape index (κ1) is 27.2. The molecule has 192 valence electrons. The Bertz CT molecular complexity index is 1290. The van der Waals surface area contributed by atoms with E-state index in [1.165, 1.54) is 19.2 Å². The third-order valence-electron chi connectivity index (χ3n) is 5.43. The molecule has 0 aromatic heterocycles. The molecule has 9 nitrogen and oxygen atoms in total. The molecular weight excluding hydrogens is 496 g/mol. The highest BCUT2D eigenvalue weighted by Gasteiger charge is 2.26. The van der Waals surface area contributed by atoms with E-state index < -0.39 is 29.7 Å². The Balaban J connectivity index is 1.69. The average molecular weight is 523 g/mol. The van der Waals surface area contributed by atoms with Gasteiger partial charge in [-0.2, -0.15) is 0 Å². The quantitative estimate of drug-likeness (QED) is 0.335. The summed E-state index contributed by atoms with van der Waals surface area (Å²) in [6.07, 6.45) is 0. The molecule has 1 atom stereocenters. The molecule has 0 spiro atoms. The van der Waals surface area contributed by atoms with Crippen LogP contribution >= 0.6 is 11.6 Å². The maximum atomic E-state index is 13.1. The fourth-order valence-corrected chi connectivity index (χ4v) is 3.61. The zero-order chi connectivity index (χ0) is 26.9. The molecule has 0 saturated heterocycles. The lowest BCUT2D eigenvalue weighted by Gasteiger charge is -2.22. The van der Waals surface area contributed by atoms with E-state index in [9.17, 15) is 19.2 Å². The number of nitrogens with one attached hydrogen (secondary N) is 4. The fourth-order valence-electron chi connectivity index (χ4n) is 3.39. The number of hydrogen-bond acceptors (Lipinski definition) is 5. The number of carbonyl (C=O) groups excluding carboxylic acids is 4. The molecule has 3 aromatic carbocycles. The van der Waals surface area contributed by atoms with Gasteiger partial charge in [0, 0.05) is 5.56 Å². The Labute approximate surface area is 219 Å². The number of ether oxygens (including phenoxy) is 1. The van der Waals surface area contributed by atoms with Gasteiger partial charge < -0.3 is 15.4 Å². The van der Waals surface area contributed by atoms with Gasteiger partial charge in [-0.25, -0.2) is 0 Å². The second kappa shape index (κ2) is 12.5. The number of hydrogen-bond donors (Lipinski definition) is 4. The standard InChI is InChI=1S/C27H27ClN4O5/c1-16(2)23(27(36)32-31-26(35)19-8-4-6-10-21(19)28)30-25(34)20-9-5-7-11-22(20)29-24(33)17-12-14-18(37-3)15-13-17/h4-16,23H,1-3H3,(H,29,33)(H,30,34)(H,31,35)(H,32,36)/t23-/m0/s1. The van der Waals surface area contributed by atoms with Gasteiger partial charge in [-0.1, -0.05) is 49.7 Å². The number of methoxy groups -OCH3 is 1. The van der Waals surface area contributed by atoms with E-state index in [-0.39, 0.29) is 27.8 Å². The van der Waals surface area contributed by atoms with Crippen LogP contribution in [-0.4, -0.2) is 36.8 Å².